The molecule has 4 heterocycles. The van der Waals surface area contributed by atoms with Crippen LogP contribution in [0.15, 0.2) is 65.5 Å². The molecule has 0 amide bonds. The van der Waals surface area contributed by atoms with Crippen LogP contribution in [0.25, 0.3) is 11.4 Å². The third-order valence-corrected chi connectivity index (χ3v) is 12.6. The monoisotopic (exact) mass is 950 g/mol. The van der Waals surface area contributed by atoms with Gasteiger partial charge in [-0.05, 0) is 24.3 Å². The SMILES string of the molecule is CC(C)(C)c1nn(-c2cc(OC=O)cc(C(=O)O)c2)c(N)c1N=Nc1nnc(SCC(O)CSc2nnc(N=Nc3c(C(C)(C)C)nn(-c4cc(OC=O)cc(C(=O)O)c4)c3N)s2)s1. The van der Waals surface area contributed by atoms with Gasteiger partial charge < -0.3 is 36.3 Å². The smallest absolute Gasteiger partial charge is 0.335 e. The maximum atomic E-state index is 11.8. The van der Waals surface area contributed by atoms with Crippen LogP contribution in [-0.4, -0.2) is 97.8 Å². The summed E-state index contributed by atoms with van der Waals surface area (Å²) in [5.74, 6) is -1.90. The average molecular weight is 951 g/mol. The van der Waals surface area contributed by atoms with Crippen LogP contribution in [0.1, 0.15) is 73.6 Å². The highest BCUT2D eigenvalue weighted by atomic mass is 32.2. The highest BCUT2D eigenvalue weighted by Crippen LogP contribution is 2.41. The van der Waals surface area contributed by atoms with Gasteiger partial charge in [0, 0.05) is 34.5 Å². The molecule has 0 bridgehead atoms. The topological polar surface area (TPSA) is 336 Å². The summed E-state index contributed by atoms with van der Waals surface area (Å²) < 4.78 is 13.4. The number of rotatable bonds is 18. The first-order chi connectivity index (χ1) is 30.2. The number of anilines is 2. The Labute approximate surface area is 379 Å². The zero-order chi connectivity index (χ0) is 46.5. The summed E-state index contributed by atoms with van der Waals surface area (Å²) in [6, 6.07) is 7.87. The summed E-state index contributed by atoms with van der Waals surface area (Å²) in [7, 11) is 0. The quantitative estimate of drug-likeness (QED) is 0.0327. The molecular formula is C37H38N14O9S4. The van der Waals surface area contributed by atoms with Crippen LogP contribution in [0.2, 0.25) is 0 Å². The van der Waals surface area contributed by atoms with E-state index >= 15 is 0 Å². The number of hydrogen-bond donors (Lipinski definition) is 5. The van der Waals surface area contributed by atoms with Gasteiger partial charge in [0.15, 0.2) is 31.7 Å². The maximum absolute atomic E-state index is 11.8. The number of benzene rings is 2. The number of aliphatic hydroxyl groups is 1. The van der Waals surface area contributed by atoms with E-state index in [9.17, 15) is 34.5 Å². The fraction of sp³-hybridized carbons (Fsp3) is 0.297. The van der Waals surface area contributed by atoms with Crippen molar-refractivity contribution >= 4 is 104 Å². The van der Waals surface area contributed by atoms with E-state index in [0.717, 1.165) is 22.7 Å². The van der Waals surface area contributed by atoms with Crippen LogP contribution in [0.5, 0.6) is 11.5 Å². The summed E-state index contributed by atoms with van der Waals surface area (Å²) >= 11 is 4.81. The predicted octanol–water partition coefficient (Wildman–Crippen LogP) is 7.06. The maximum Gasteiger partial charge on any atom is 0.335 e. The number of carboxylic acid groups (broad SMARTS) is 2. The number of nitrogens with two attached hydrogens (primary N) is 2. The molecule has 334 valence electrons. The standard InChI is InChI=1S/C37H38N14O9S4/c1-36(2,3)26-24(28(38)50(48-26)19-7-17(30(55)56)9-22(11-19)59-15-52)40-42-32-44-46-34(63-32)61-13-21(54)14-62-35-47-45-33(64-35)43-41-25-27(37(4,5)6)49-51(29(25)39)20-8-18(31(57)58)10-23(12-20)60-16-53/h7-12,15-16,21,54H,13-14,38-39H2,1-6H3,(H,55,56)(H,57,58). The summed E-state index contributed by atoms with van der Waals surface area (Å²) in [4.78, 5) is 45.5. The first-order valence-corrected chi connectivity index (χ1v) is 22.1. The number of hydrogen-bond acceptors (Lipinski definition) is 23. The molecule has 64 heavy (non-hydrogen) atoms. The van der Waals surface area contributed by atoms with Crippen LogP contribution < -0.4 is 20.9 Å². The minimum Gasteiger partial charge on any atom is -0.478 e. The molecule has 0 aliphatic rings. The molecule has 23 nitrogen and oxygen atoms in total. The van der Waals surface area contributed by atoms with Gasteiger partial charge in [0.25, 0.3) is 23.2 Å². The molecule has 0 atom stereocenters. The Kier molecular flexibility index (Phi) is 14.2. The van der Waals surface area contributed by atoms with Crippen molar-refractivity contribution in [3.63, 3.8) is 0 Å². The zero-order valence-corrected chi connectivity index (χ0v) is 37.8. The van der Waals surface area contributed by atoms with Crippen molar-refractivity contribution in [3.05, 3.63) is 58.9 Å². The molecule has 0 aliphatic carbocycles. The second kappa shape index (κ2) is 19.4. The molecule has 2 aromatic carbocycles. The summed E-state index contributed by atoms with van der Waals surface area (Å²) in [6.45, 7) is 11.7. The van der Waals surface area contributed by atoms with Crippen LogP contribution in [0.3, 0.4) is 0 Å². The lowest BCUT2D eigenvalue weighted by Gasteiger charge is -2.15. The summed E-state index contributed by atoms with van der Waals surface area (Å²) in [5, 5.41) is 73.2. The van der Waals surface area contributed by atoms with E-state index in [-0.39, 0.29) is 91.7 Å². The number of nitrogens with zero attached hydrogens (tertiary/aromatic N) is 12. The summed E-state index contributed by atoms with van der Waals surface area (Å²) in [6.07, 6.45) is -0.785. The molecule has 6 aromatic rings. The number of carboxylic acids is 2. The van der Waals surface area contributed by atoms with Gasteiger partial charge in [0.05, 0.1) is 40.0 Å². The molecule has 0 unspecified atom stereocenters. The van der Waals surface area contributed by atoms with Crippen molar-refractivity contribution < 1.29 is 44.0 Å². The minimum absolute atomic E-state index is 0.0181. The van der Waals surface area contributed by atoms with Gasteiger partial charge in [-0.15, -0.1) is 40.9 Å². The summed E-state index contributed by atoms with van der Waals surface area (Å²) in [5.41, 5.74) is 13.3. The van der Waals surface area contributed by atoms with Gasteiger partial charge in [-0.1, -0.05) is 87.7 Å². The Morgan fingerprint density at radius 1 is 0.688 bits per heavy atom. The van der Waals surface area contributed by atoms with E-state index in [4.69, 9.17) is 20.9 Å². The Bertz CT molecular complexity index is 2600. The number of azo groups is 2. The van der Waals surface area contributed by atoms with Crippen LogP contribution in [0, 0.1) is 0 Å². The number of aromatic carboxylic acids is 2. The second-order valence-corrected chi connectivity index (χ2v) is 19.8. The van der Waals surface area contributed by atoms with Gasteiger partial charge in [0.1, 0.15) is 11.5 Å². The van der Waals surface area contributed by atoms with Gasteiger partial charge in [-0.2, -0.15) is 10.2 Å². The second-order valence-electron chi connectivity index (χ2n) is 15.3. The highest BCUT2D eigenvalue weighted by molar-refractivity contribution is 8.02. The number of carbonyl (C=O) groups is 4. The zero-order valence-electron chi connectivity index (χ0n) is 34.6. The molecule has 6 rings (SSSR count). The van der Waals surface area contributed by atoms with E-state index in [1.165, 1.54) is 69.3 Å². The number of ether oxygens (including phenoxy) is 2. The molecule has 7 N–H and O–H groups in total. The van der Waals surface area contributed by atoms with Crippen molar-refractivity contribution in [2.24, 2.45) is 20.5 Å². The molecular weight excluding hydrogens is 913 g/mol. The lowest BCUT2D eigenvalue weighted by molar-refractivity contribution is -0.121. The van der Waals surface area contributed by atoms with Gasteiger partial charge >= 0.3 is 11.9 Å². The molecule has 4 aromatic heterocycles. The molecule has 0 spiro atoms. The Hall–Kier alpha value is -6.68. The predicted molar refractivity (Wildman–Crippen MR) is 236 cm³/mol. The molecule has 0 aliphatic heterocycles. The van der Waals surface area contributed by atoms with E-state index in [1.54, 1.807) is 0 Å². The van der Waals surface area contributed by atoms with Crippen molar-refractivity contribution in [2.75, 3.05) is 23.0 Å². The average Bonchev–Trinajstić information content (AvgIpc) is 4.03. The fourth-order valence-electron chi connectivity index (χ4n) is 5.52. The van der Waals surface area contributed by atoms with E-state index in [0.29, 0.717) is 20.1 Å². The third kappa shape index (κ3) is 11.1. The third-order valence-electron chi connectivity index (χ3n) is 8.41. The number of carbonyl (C=O) groups excluding carboxylic acids is 2. The number of nitrogen functional groups attached to an aromatic ring is 2. The fourth-order valence-corrected chi connectivity index (χ4v) is 8.90. The van der Waals surface area contributed by atoms with E-state index in [2.05, 4.69) is 51.0 Å². The lowest BCUT2D eigenvalue weighted by Crippen LogP contribution is -2.13. The van der Waals surface area contributed by atoms with Crippen molar-refractivity contribution in [3.8, 4) is 22.9 Å². The molecule has 0 saturated carbocycles. The van der Waals surface area contributed by atoms with Crippen molar-refractivity contribution in [1.82, 2.24) is 40.0 Å². The molecule has 0 saturated heterocycles. The highest BCUT2D eigenvalue weighted by Gasteiger charge is 2.29. The molecule has 0 fully saturated rings. The van der Waals surface area contributed by atoms with Crippen molar-refractivity contribution in [1.29, 1.82) is 0 Å². The Morgan fingerprint density at radius 3 is 1.42 bits per heavy atom. The first kappa shape index (κ1) is 46.8. The van der Waals surface area contributed by atoms with Crippen LogP contribution in [-0.2, 0) is 20.4 Å². The Balaban J connectivity index is 1.09. The van der Waals surface area contributed by atoms with E-state index < -0.39 is 28.9 Å². The van der Waals surface area contributed by atoms with Gasteiger partial charge in [-0.25, -0.2) is 19.0 Å². The van der Waals surface area contributed by atoms with E-state index in [1.807, 2.05) is 41.5 Å². The number of aliphatic hydroxyl groups excluding tert-OH is 1. The van der Waals surface area contributed by atoms with Crippen LogP contribution in [0.4, 0.5) is 33.3 Å². The lowest BCUT2D eigenvalue weighted by atomic mass is 9.91. The largest absolute Gasteiger partial charge is 0.478 e. The molecule has 0 radical (unpaired) electrons. The minimum atomic E-state index is -1.25. The normalized spacial score (nSPS) is 12.5. The number of aromatic nitrogens is 8. The van der Waals surface area contributed by atoms with Gasteiger partial charge in [-0.3, -0.25) is 9.59 Å². The molecule has 27 heteroatoms. The first-order valence-electron chi connectivity index (χ1n) is 18.5. The van der Waals surface area contributed by atoms with Crippen molar-refractivity contribution in [2.45, 2.75) is 67.2 Å². The Morgan fingerprint density at radius 2 is 1.08 bits per heavy atom. The van der Waals surface area contributed by atoms with Crippen LogP contribution >= 0.6 is 46.2 Å². The van der Waals surface area contributed by atoms with Gasteiger partial charge in [0.2, 0.25) is 0 Å². The number of thioether (sulfide) groups is 2.